The number of imidazole rings is 1. The molecule has 9 nitrogen and oxygen atoms in total. The van der Waals surface area contributed by atoms with Gasteiger partial charge in [-0.05, 0) is 32.6 Å². The van der Waals surface area contributed by atoms with Crippen LogP contribution in [0, 0.1) is 0 Å². The molecule has 1 saturated heterocycles. The van der Waals surface area contributed by atoms with Crippen LogP contribution in [0.2, 0.25) is 0 Å². The number of hydrogen-bond acceptors (Lipinski definition) is 8. The van der Waals surface area contributed by atoms with Gasteiger partial charge >= 0.3 is 6.01 Å². The Morgan fingerprint density at radius 1 is 1.33 bits per heavy atom. The molecule has 130 valence electrons. The quantitative estimate of drug-likeness (QED) is 0.731. The molecule has 4 rings (SSSR count). The second kappa shape index (κ2) is 5.83. The van der Waals surface area contributed by atoms with E-state index in [9.17, 15) is 5.11 Å². The molecule has 2 aliphatic rings. The summed E-state index contributed by atoms with van der Waals surface area (Å²) in [5.74, 6) is 0.256. The first kappa shape index (κ1) is 15.6. The fourth-order valence-electron chi connectivity index (χ4n) is 3.44. The molecule has 0 spiro atoms. The third-order valence-corrected chi connectivity index (χ3v) is 4.83. The topological polar surface area (TPSA) is 134 Å². The first-order valence-electron chi connectivity index (χ1n) is 8.30. The molecule has 0 aromatic carbocycles. The maximum absolute atomic E-state index is 10.0. The number of nitrogens with two attached hydrogens (primary N) is 2. The fourth-order valence-corrected chi connectivity index (χ4v) is 3.44. The Hall–Kier alpha value is -1.97. The molecule has 1 saturated carbocycles. The molecule has 2 fully saturated rings. The zero-order chi connectivity index (χ0) is 16.8. The van der Waals surface area contributed by atoms with E-state index >= 15 is 0 Å². The van der Waals surface area contributed by atoms with Crippen molar-refractivity contribution in [1.29, 1.82) is 0 Å². The maximum Gasteiger partial charge on any atom is 0.320 e. The van der Waals surface area contributed by atoms with E-state index in [2.05, 4.69) is 15.0 Å². The number of hydrogen-bond donors (Lipinski definition) is 3. The number of ether oxygens (including phenoxy) is 2. The standard InChI is InChI=1S/C15H22N6O3/c1-7-11(22)9(16)14(23-7)21-6-18-10-12(17)19-15(20-13(10)21)24-8-4-2-3-5-8/h6-9,11,14,22H,2-5,16H2,1H3,(H2,17,19,20)/t7-,9-,11-,14-/m1/s1. The first-order valence-corrected chi connectivity index (χ1v) is 8.30. The van der Waals surface area contributed by atoms with Crippen LogP contribution in [0.3, 0.4) is 0 Å². The summed E-state index contributed by atoms with van der Waals surface area (Å²) in [4.78, 5) is 12.9. The molecule has 0 unspecified atom stereocenters. The number of aliphatic hydroxyl groups excluding tert-OH is 1. The highest BCUT2D eigenvalue weighted by Gasteiger charge is 2.41. The van der Waals surface area contributed by atoms with Gasteiger partial charge in [-0.1, -0.05) is 0 Å². The molecule has 2 aromatic heterocycles. The number of aromatic nitrogens is 4. The minimum absolute atomic E-state index is 0.130. The van der Waals surface area contributed by atoms with E-state index in [1.165, 1.54) is 0 Å². The minimum Gasteiger partial charge on any atom is -0.460 e. The van der Waals surface area contributed by atoms with Crippen molar-refractivity contribution in [3.05, 3.63) is 6.33 Å². The van der Waals surface area contributed by atoms with Crippen molar-refractivity contribution in [1.82, 2.24) is 19.5 Å². The average Bonchev–Trinajstić information content (AvgIpc) is 3.25. The van der Waals surface area contributed by atoms with Gasteiger partial charge in [-0.15, -0.1) is 0 Å². The summed E-state index contributed by atoms with van der Waals surface area (Å²) >= 11 is 0. The molecule has 2 aromatic rings. The second-order valence-electron chi connectivity index (χ2n) is 6.54. The molecular formula is C15H22N6O3. The molecular weight excluding hydrogens is 312 g/mol. The summed E-state index contributed by atoms with van der Waals surface area (Å²) in [6, 6.07) is -0.332. The lowest BCUT2D eigenvalue weighted by molar-refractivity contribution is -0.00753. The Bertz CT molecular complexity index is 744. The smallest absolute Gasteiger partial charge is 0.320 e. The lowest BCUT2D eigenvalue weighted by Crippen LogP contribution is -2.38. The molecule has 9 heteroatoms. The van der Waals surface area contributed by atoms with Gasteiger partial charge < -0.3 is 26.0 Å². The molecule has 1 aliphatic heterocycles. The zero-order valence-electron chi connectivity index (χ0n) is 13.5. The Balaban J connectivity index is 1.70. The third-order valence-electron chi connectivity index (χ3n) is 4.83. The lowest BCUT2D eigenvalue weighted by atomic mass is 10.1. The summed E-state index contributed by atoms with van der Waals surface area (Å²) < 4.78 is 13.3. The number of nitrogen functional groups attached to an aromatic ring is 1. The first-order chi connectivity index (χ1) is 11.5. The van der Waals surface area contributed by atoms with Crippen molar-refractivity contribution in [3.8, 4) is 6.01 Å². The Kier molecular flexibility index (Phi) is 3.78. The van der Waals surface area contributed by atoms with Gasteiger partial charge in [0.1, 0.15) is 6.10 Å². The van der Waals surface area contributed by atoms with Crippen molar-refractivity contribution in [2.75, 3.05) is 5.73 Å². The van der Waals surface area contributed by atoms with Crippen molar-refractivity contribution in [2.24, 2.45) is 5.73 Å². The lowest BCUT2D eigenvalue weighted by Gasteiger charge is -2.18. The Labute approximate surface area is 139 Å². The van der Waals surface area contributed by atoms with Crippen LogP contribution in [0.15, 0.2) is 6.33 Å². The van der Waals surface area contributed by atoms with E-state index in [-0.39, 0.29) is 24.0 Å². The van der Waals surface area contributed by atoms with E-state index in [0.29, 0.717) is 11.2 Å². The van der Waals surface area contributed by atoms with E-state index in [1.54, 1.807) is 17.8 Å². The van der Waals surface area contributed by atoms with Gasteiger partial charge in [0.15, 0.2) is 23.2 Å². The highest BCUT2D eigenvalue weighted by molar-refractivity contribution is 5.82. The SMILES string of the molecule is C[C@H]1O[C@@H](n2cnc3c(N)nc(OC4CCCC4)nc32)[C@H](N)[C@@H]1O. The Morgan fingerprint density at radius 2 is 2.08 bits per heavy atom. The van der Waals surface area contributed by atoms with Crippen molar-refractivity contribution >= 4 is 17.0 Å². The second-order valence-corrected chi connectivity index (χ2v) is 6.54. The molecule has 0 amide bonds. The predicted octanol–water partition coefficient (Wildman–Crippen LogP) is 0.335. The van der Waals surface area contributed by atoms with Crippen LogP contribution in [-0.4, -0.2) is 49.0 Å². The van der Waals surface area contributed by atoms with Crippen LogP contribution in [-0.2, 0) is 4.74 Å². The van der Waals surface area contributed by atoms with Crippen LogP contribution in [0.1, 0.15) is 38.8 Å². The van der Waals surface area contributed by atoms with Gasteiger partial charge in [0, 0.05) is 0 Å². The van der Waals surface area contributed by atoms with Crippen molar-refractivity contribution < 1.29 is 14.6 Å². The summed E-state index contributed by atoms with van der Waals surface area (Å²) in [7, 11) is 0. The van der Waals surface area contributed by atoms with Crippen molar-refractivity contribution in [3.63, 3.8) is 0 Å². The highest BCUT2D eigenvalue weighted by Crippen LogP contribution is 2.32. The maximum atomic E-state index is 10.0. The van der Waals surface area contributed by atoms with E-state index < -0.39 is 18.4 Å². The number of aliphatic hydroxyl groups is 1. The van der Waals surface area contributed by atoms with Crippen LogP contribution in [0.4, 0.5) is 5.82 Å². The van der Waals surface area contributed by atoms with Gasteiger partial charge in [-0.3, -0.25) is 4.57 Å². The van der Waals surface area contributed by atoms with E-state index in [4.69, 9.17) is 20.9 Å². The fraction of sp³-hybridized carbons (Fsp3) is 0.667. The normalized spacial score (nSPS) is 31.1. The number of nitrogens with zero attached hydrogens (tertiary/aromatic N) is 4. The molecule has 4 atom stereocenters. The van der Waals surface area contributed by atoms with Crippen LogP contribution in [0.25, 0.3) is 11.2 Å². The molecule has 24 heavy (non-hydrogen) atoms. The average molecular weight is 334 g/mol. The van der Waals surface area contributed by atoms with Gasteiger partial charge in [0.05, 0.1) is 24.6 Å². The van der Waals surface area contributed by atoms with Crippen LogP contribution >= 0.6 is 0 Å². The summed E-state index contributed by atoms with van der Waals surface area (Å²) in [6.45, 7) is 1.78. The summed E-state index contributed by atoms with van der Waals surface area (Å²) in [5, 5.41) is 10.0. The van der Waals surface area contributed by atoms with Gasteiger partial charge in [-0.2, -0.15) is 9.97 Å². The predicted molar refractivity (Wildman–Crippen MR) is 86.2 cm³/mol. The van der Waals surface area contributed by atoms with Gasteiger partial charge in [0.25, 0.3) is 0 Å². The zero-order valence-corrected chi connectivity index (χ0v) is 13.5. The van der Waals surface area contributed by atoms with Crippen LogP contribution in [0.5, 0.6) is 6.01 Å². The number of fused-ring (bicyclic) bond motifs is 1. The summed E-state index contributed by atoms with van der Waals surface area (Å²) in [5.41, 5.74) is 13.0. The number of anilines is 1. The van der Waals surface area contributed by atoms with E-state index in [0.717, 1.165) is 25.7 Å². The molecule has 0 bridgehead atoms. The van der Waals surface area contributed by atoms with Crippen molar-refractivity contribution in [2.45, 2.75) is 63.2 Å². The highest BCUT2D eigenvalue weighted by atomic mass is 16.5. The largest absolute Gasteiger partial charge is 0.460 e. The molecule has 5 N–H and O–H groups in total. The summed E-state index contributed by atoms with van der Waals surface area (Å²) in [6.07, 6.45) is 4.32. The monoisotopic (exact) mass is 334 g/mol. The van der Waals surface area contributed by atoms with Gasteiger partial charge in [-0.25, -0.2) is 4.98 Å². The van der Waals surface area contributed by atoms with E-state index in [1.807, 2.05) is 0 Å². The van der Waals surface area contributed by atoms with Crippen LogP contribution < -0.4 is 16.2 Å². The van der Waals surface area contributed by atoms with Gasteiger partial charge in [0.2, 0.25) is 0 Å². The Morgan fingerprint density at radius 3 is 2.75 bits per heavy atom. The molecule has 3 heterocycles. The molecule has 1 aliphatic carbocycles. The third kappa shape index (κ3) is 2.48. The minimum atomic E-state index is -0.749. The molecule has 0 radical (unpaired) electrons. The number of rotatable bonds is 3.